The van der Waals surface area contributed by atoms with E-state index in [1.165, 1.54) is 6.07 Å². The minimum Gasteiger partial charge on any atom is -0.356 e. The van der Waals surface area contributed by atoms with Crippen molar-refractivity contribution < 1.29 is 9.13 Å². The molecule has 1 aliphatic rings. The van der Waals surface area contributed by atoms with Gasteiger partial charge in [-0.1, -0.05) is 0 Å². The van der Waals surface area contributed by atoms with Crippen molar-refractivity contribution in [1.82, 2.24) is 19.3 Å². The van der Waals surface area contributed by atoms with Gasteiger partial charge in [0.1, 0.15) is 5.82 Å². The van der Waals surface area contributed by atoms with Gasteiger partial charge in [0.2, 0.25) is 0 Å². The van der Waals surface area contributed by atoms with Crippen LogP contribution in [0.2, 0.25) is 0 Å². The first-order valence-electron chi connectivity index (χ1n) is 8.52. The second-order valence-corrected chi connectivity index (χ2v) is 6.35. The summed E-state index contributed by atoms with van der Waals surface area (Å²) in [6, 6.07) is 8.76. The number of hydrogen-bond donors (Lipinski definition) is 0. The highest BCUT2D eigenvalue weighted by atomic mass is 19.1. The normalized spacial score (nSPS) is 18.2. The molecule has 1 aliphatic heterocycles. The van der Waals surface area contributed by atoms with E-state index >= 15 is 0 Å². The lowest BCUT2D eigenvalue weighted by Crippen LogP contribution is -2.18. The number of halogens is 1. The zero-order chi connectivity index (χ0) is 16.8. The highest BCUT2D eigenvalue weighted by Gasteiger charge is 2.23. The number of ether oxygens (including phenoxy) is 1. The van der Waals surface area contributed by atoms with Gasteiger partial charge < -0.3 is 9.30 Å². The first-order chi connectivity index (χ1) is 12.3. The smallest absolute Gasteiger partial charge is 0.150 e. The number of aromatic nitrogens is 4. The molecule has 0 saturated carbocycles. The van der Waals surface area contributed by atoms with Crippen LogP contribution in [0.25, 0.3) is 27.6 Å². The second-order valence-electron chi connectivity index (χ2n) is 6.35. The average molecular weight is 336 g/mol. The summed E-state index contributed by atoms with van der Waals surface area (Å²) in [6.45, 7) is 0.738. The molecule has 5 nitrogen and oxygen atoms in total. The van der Waals surface area contributed by atoms with Crippen LogP contribution in [0.5, 0.6) is 0 Å². The molecule has 0 N–H and O–H groups in total. The summed E-state index contributed by atoms with van der Waals surface area (Å²) in [5.74, 6) is -0.255. The van der Waals surface area contributed by atoms with Gasteiger partial charge in [-0.05, 0) is 49.6 Å². The number of hydrogen-bond acceptors (Lipinski definition) is 3. The monoisotopic (exact) mass is 336 g/mol. The third-order valence-corrected chi connectivity index (χ3v) is 4.80. The van der Waals surface area contributed by atoms with Crippen LogP contribution in [-0.4, -0.2) is 25.9 Å². The van der Waals surface area contributed by atoms with E-state index in [1.807, 2.05) is 29.1 Å². The largest absolute Gasteiger partial charge is 0.356 e. The Morgan fingerprint density at radius 1 is 1.12 bits per heavy atom. The van der Waals surface area contributed by atoms with Gasteiger partial charge in [-0.2, -0.15) is 5.10 Å². The lowest BCUT2D eigenvalue weighted by molar-refractivity contribution is -0.0365. The summed E-state index contributed by atoms with van der Waals surface area (Å²) in [7, 11) is 0. The van der Waals surface area contributed by atoms with E-state index in [9.17, 15) is 4.39 Å². The number of fused-ring (bicyclic) bond motifs is 3. The van der Waals surface area contributed by atoms with Gasteiger partial charge in [0.25, 0.3) is 0 Å². The SMILES string of the molecule is Fc1ccc2c(c1)c1c(cnn1C1CCCCO1)n2-c1cccnc1. The van der Waals surface area contributed by atoms with Crippen molar-refractivity contribution in [2.75, 3.05) is 6.61 Å². The molecule has 1 aromatic carbocycles. The molecule has 4 heterocycles. The van der Waals surface area contributed by atoms with Gasteiger partial charge >= 0.3 is 0 Å². The Bertz CT molecular complexity index is 1050. The van der Waals surface area contributed by atoms with E-state index in [0.717, 1.165) is 53.5 Å². The Kier molecular flexibility index (Phi) is 3.31. The van der Waals surface area contributed by atoms with Gasteiger partial charge in [0.05, 0.1) is 34.6 Å². The Labute approximate surface area is 143 Å². The van der Waals surface area contributed by atoms with Crippen LogP contribution < -0.4 is 0 Å². The fourth-order valence-corrected chi connectivity index (χ4v) is 3.70. The summed E-state index contributed by atoms with van der Waals surface area (Å²) in [6.07, 6.45) is 8.39. The summed E-state index contributed by atoms with van der Waals surface area (Å²) < 4.78 is 23.9. The molecule has 1 fully saturated rings. The number of rotatable bonds is 2. The van der Waals surface area contributed by atoms with E-state index in [4.69, 9.17) is 4.74 Å². The first kappa shape index (κ1) is 14.6. The zero-order valence-electron chi connectivity index (χ0n) is 13.6. The molecular weight excluding hydrogens is 319 g/mol. The maximum absolute atomic E-state index is 14.0. The van der Waals surface area contributed by atoms with Crippen molar-refractivity contribution in [3.8, 4) is 5.69 Å². The van der Waals surface area contributed by atoms with Gasteiger partial charge in [0.15, 0.2) is 6.23 Å². The molecule has 1 atom stereocenters. The molecule has 3 aromatic heterocycles. The lowest BCUT2D eigenvalue weighted by atomic mass is 10.2. The summed E-state index contributed by atoms with van der Waals surface area (Å²) in [4.78, 5) is 4.22. The fraction of sp³-hybridized carbons (Fsp3) is 0.263. The number of pyridine rings is 1. The van der Waals surface area contributed by atoms with Crippen LogP contribution in [0.4, 0.5) is 4.39 Å². The zero-order valence-corrected chi connectivity index (χ0v) is 13.6. The van der Waals surface area contributed by atoms with Gasteiger partial charge in [-0.15, -0.1) is 0 Å². The molecule has 25 heavy (non-hydrogen) atoms. The van der Waals surface area contributed by atoms with Gasteiger partial charge in [-0.25, -0.2) is 9.07 Å². The molecule has 0 aliphatic carbocycles. The molecule has 0 amide bonds. The maximum Gasteiger partial charge on any atom is 0.150 e. The molecule has 0 radical (unpaired) electrons. The van der Waals surface area contributed by atoms with Crippen molar-refractivity contribution in [3.05, 3.63) is 54.7 Å². The number of nitrogens with zero attached hydrogens (tertiary/aromatic N) is 4. The van der Waals surface area contributed by atoms with Crippen LogP contribution in [-0.2, 0) is 4.74 Å². The Morgan fingerprint density at radius 2 is 2.08 bits per heavy atom. The van der Waals surface area contributed by atoms with E-state index < -0.39 is 0 Å². The van der Waals surface area contributed by atoms with Crippen LogP contribution in [0.3, 0.4) is 0 Å². The second kappa shape index (κ2) is 5.67. The average Bonchev–Trinajstić information content (AvgIpc) is 3.21. The standard InChI is InChI=1S/C19H17FN4O/c20-13-6-7-16-15(10-13)19-17(23(16)14-4-3-8-21-11-14)12-22-24(19)18-5-1-2-9-25-18/h3-4,6-8,10-12,18H,1-2,5,9H2. The summed E-state index contributed by atoms with van der Waals surface area (Å²) in [5, 5.41) is 5.41. The Hall–Kier alpha value is -2.73. The topological polar surface area (TPSA) is 44.9 Å². The van der Waals surface area contributed by atoms with Gasteiger partial charge in [-0.3, -0.25) is 4.98 Å². The molecule has 6 heteroatoms. The fourth-order valence-electron chi connectivity index (χ4n) is 3.70. The first-order valence-corrected chi connectivity index (χ1v) is 8.52. The molecule has 4 aromatic rings. The molecule has 1 unspecified atom stereocenters. The molecular formula is C19H17FN4O. The van der Waals surface area contributed by atoms with Gasteiger partial charge in [0, 0.05) is 18.2 Å². The highest BCUT2D eigenvalue weighted by Crippen LogP contribution is 2.35. The van der Waals surface area contributed by atoms with Crippen molar-refractivity contribution in [3.63, 3.8) is 0 Å². The van der Waals surface area contributed by atoms with E-state index in [0.29, 0.717) is 0 Å². The Balaban J connectivity index is 1.83. The minimum absolute atomic E-state index is 0.0949. The third-order valence-electron chi connectivity index (χ3n) is 4.80. The molecule has 0 spiro atoms. The van der Waals surface area contributed by atoms with Crippen LogP contribution in [0.1, 0.15) is 25.5 Å². The Morgan fingerprint density at radius 3 is 2.88 bits per heavy atom. The molecule has 5 rings (SSSR count). The van der Waals surface area contributed by atoms with Crippen LogP contribution in [0.15, 0.2) is 48.9 Å². The lowest BCUT2D eigenvalue weighted by Gasteiger charge is -2.23. The van der Waals surface area contributed by atoms with Crippen LogP contribution >= 0.6 is 0 Å². The van der Waals surface area contributed by atoms with Crippen molar-refractivity contribution in [2.45, 2.75) is 25.5 Å². The number of benzene rings is 1. The molecule has 126 valence electrons. The third kappa shape index (κ3) is 2.25. The van der Waals surface area contributed by atoms with E-state index in [1.54, 1.807) is 18.5 Å². The predicted molar refractivity (Wildman–Crippen MR) is 93.2 cm³/mol. The minimum atomic E-state index is -0.255. The summed E-state index contributed by atoms with van der Waals surface area (Å²) in [5.41, 5.74) is 3.71. The van der Waals surface area contributed by atoms with Crippen molar-refractivity contribution >= 4 is 21.9 Å². The highest BCUT2D eigenvalue weighted by molar-refractivity contribution is 6.07. The summed E-state index contributed by atoms with van der Waals surface area (Å²) >= 11 is 0. The predicted octanol–water partition coefficient (Wildman–Crippen LogP) is 4.21. The van der Waals surface area contributed by atoms with E-state index in [2.05, 4.69) is 14.6 Å². The maximum atomic E-state index is 14.0. The van der Waals surface area contributed by atoms with Crippen LogP contribution in [0, 0.1) is 5.82 Å². The quantitative estimate of drug-likeness (QED) is 0.551. The molecule has 0 bridgehead atoms. The van der Waals surface area contributed by atoms with Crippen molar-refractivity contribution in [1.29, 1.82) is 0 Å². The van der Waals surface area contributed by atoms with E-state index in [-0.39, 0.29) is 12.0 Å². The molecule has 1 saturated heterocycles. The van der Waals surface area contributed by atoms with Crippen molar-refractivity contribution in [2.24, 2.45) is 0 Å².